The first-order chi connectivity index (χ1) is 5.70. The number of hydrogen-bond acceptors (Lipinski definition) is 3. The molecule has 0 aliphatic carbocycles. The van der Waals surface area contributed by atoms with E-state index in [-0.39, 0.29) is 17.2 Å². The maximum atomic E-state index is 11.3. The smallest absolute Gasteiger partial charge is 0.335 e. The van der Waals surface area contributed by atoms with Crippen molar-refractivity contribution < 1.29 is 14.3 Å². The Kier molecular flexibility index (Phi) is 2.41. The van der Waals surface area contributed by atoms with Crippen molar-refractivity contribution in [2.75, 3.05) is 0 Å². The largest absolute Gasteiger partial charge is 0.458 e. The van der Waals surface area contributed by atoms with E-state index in [4.69, 9.17) is 9.47 Å². The number of ether oxygens (including phenoxy) is 2. The molecule has 1 aliphatic rings. The minimum Gasteiger partial charge on any atom is -0.458 e. The van der Waals surface area contributed by atoms with E-state index in [1.165, 1.54) is 0 Å². The molecule has 0 saturated carbocycles. The summed E-state index contributed by atoms with van der Waals surface area (Å²) in [6.07, 6.45) is 0.248. The maximum absolute atomic E-state index is 11.3. The van der Waals surface area contributed by atoms with E-state index in [0.717, 1.165) is 0 Å². The minimum absolute atomic E-state index is 0.236. The van der Waals surface area contributed by atoms with Gasteiger partial charge in [0.25, 0.3) is 0 Å². The van der Waals surface area contributed by atoms with Crippen molar-refractivity contribution in [1.82, 2.24) is 0 Å². The first kappa shape index (κ1) is 10.5. The fourth-order valence-electron chi connectivity index (χ4n) is 1.43. The van der Waals surface area contributed by atoms with Crippen molar-refractivity contribution in [3.8, 4) is 0 Å². The van der Waals surface area contributed by atoms with Crippen molar-refractivity contribution >= 4 is 5.97 Å². The lowest BCUT2D eigenvalue weighted by atomic mass is 10.0. The molecule has 0 aromatic heterocycles. The van der Waals surface area contributed by atoms with Gasteiger partial charge in [-0.05, 0) is 34.6 Å². The lowest BCUT2D eigenvalue weighted by molar-refractivity contribution is -0.158. The molecule has 0 spiro atoms. The van der Waals surface area contributed by atoms with E-state index in [2.05, 4.69) is 0 Å². The van der Waals surface area contributed by atoms with Crippen LogP contribution in [0.5, 0.6) is 0 Å². The number of hydrogen-bond donors (Lipinski definition) is 0. The molecule has 1 fully saturated rings. The number of esters is 1. The molecule has 13 heavy (non-hydrogen) atoms. The number of rotatable bonds is 1. The molecule has 76 valence electrons. The van der Waals surface area contributed by atoms with Crippen LogP contribution in [0.15, 0.2) is 0 Å². The van der Waals surface area contributed by atoms with E-state index in [1.807, 2.05) is 34.6 Å². The summed E-state index contributed by atoms with van der Waals surface area (Å²) in [5.74, 6) is -0.236. The Morgan fingerprint density at radius 2 is 2.00 bits per heavy atom. The molecule has 1 saturated heterocycles. The lowest BCUT2D eigenvalue weighted by Gasteiger charge is -2.22. The van der Waals surface area contributed by atoms with Gasteiger partial charge in [-0.2, -0.15) is 0 Å². The van der Waals surface area contributed by atoms with Gasteiger partial charge in [0.05, 0.1) is 5.60 Å². The van der Waals surface area contributed by atoms with E-state index < -0.39 is 6.10 Å². The molecule has 0 bridgehead atoms. The molecule has 0 radical (unpaired) electrons. The Morgan fingerprint density at radius 1 is 1.46 bits per heavy atom. The molecule has 0 aromatic rings. The third-order valence-electron chi connectivity index (χ3n) is 1.81. The number of cyclic esters (lactones) is 1. The van der Waals surface area contributed by atoms with Crippen LogP contribution in [-0.2, 0) is 14.3 Å². The van der Waals surface area contributed by atoms with Gasteiger partial charge in [-0.1, -0.05) is 0 Å². The summed E-state index contributed by atoms with van der Waals surface area (Å²) in [7, 11) is 0. The maximum Gasteiger partial charge on any atom is 0.335 e. The molecular weight excluding hydrogens is 168 g/mol. The van der Waals surface area contributed by atoms with Crippen LogP contribution >= 0.6 is 0 Å². The fraction of sp³-hybridized carbons (Fsp3) is 0.900. The van der Waals surface area contributed by atoms with Gasteiger partial charge < -0.3 is 9.47 Å². The quantitative estimate of drug-likeness (QED) is 0.587. The summed E-state index contributed by atoms with van der Waals surface area (Å²) in [6.45, 7) is 9.61. The number of carbonyl (C=O) groups excluding carboxylic acids is 1. The van der Waals surface area contributed by atoms with E-state index in [0.29, 0.717) is 6.42 Å². The van der Waals surface area contributed by atoms with Crippen LogP contribution in [0.25, 0.3) is 0 Å². The molecular formula is C10H18O3. The van der Waals surface area contributed by atoms with Crippen LogP contribution in [0.1, 0.15) is 41.0 Å². The summed E-state index contributed by atoms with van der Waals surface area (Å²) in [4.78, 5) is 11.3. The summed E-state index contributed by atoms with van der Waals surface area (Å²) < 4.78 is 10.7. The van der Waals surface area contributed by atoms with Gasteiger partial charge in [-0.3, -0.25) is 0 Å². The number of carbonyl (C=O) groups is 1. The van der Waals surface area contributed by atoms with Crippen LogP contribution < -0.4 is 0 Å². The van der Waals surface area contributed by atoms with Crippen molar-refractivity contribution in [1.29, 1.82) is 0 Å². The Balaban J connectivity index is 2.59. The predicted molar refractivity (Wildman–Crippen MR) is 49.4 cm³/mol. The summed E-state index contributed by atoms with van der Waals surface area (Å²) in [5, 5.41) is 0. The van der Waals surface area contributed by atoms with Gasteiger partial charge in [0.1, 0.15) is 5.60 Å². The standard InChI is InChI=1S/C10H18O3/c1-9(2,3)12-7-6-10(4,5)13-8(7)11/h7H,6H2,1-5H3/t7-/m0/s1. The van der Waals surface area contributed by atoms with Crippen LogP contribution in [0.2, 0.25) is 0 Å². The normalized spacial score (nSPS) is 27.5. The van der Waals surface area contributed by atoms with Crippen molar-refractivity contribution in [2.45, 2.75) is 58.3 Å². The second-order valence-electron chi connectivity index (χ2n) is 5.10. The Bertz CT molecular complexity index is 213. The van der Waals surface area contributed by atoms with Crippen molar-refractivity contribution in [3.05, 3.63) is 0 Å². The highest BCUT2D eigenvalue weighted by Crippen LogP contribution is 2.30. The van der Waals surface area contributed by atoms with Crippen LogP contribution in [0.4, 0.5) is 0 Å². The topological polar surface area (TPSA) is 35.5 Å². The Hall–Kier alpha value is -0.570. The summed E-state index contributed by atoms with van der Waals surface area (Å²) >= 11 is 0. The first-order valence-corrected chi connectivity index (χ1v) is 4.60. The van der Waals surface area contributed by atoms with Crippen LogP contribution in [-0.4, -0.2) is 23.3 Å². The summed E-state index contributed by atoms with van der Waals surface area (Å²) in [6, 6.07) is 0. The average Bonchev–Trinajstić information content (AvgIpc) is 2.00. The van der Waals surface area contributed by atoms with Crippen molar-refractivity contribution in [2.24, 2.45) is 0 Å². The zero-order valence-corrected chi connectivity index (χ0v) is 9.01. The third kappa shape index (κ3) is 2.99. The SMILES string of the molecule is CC(C)(C)O[C@H]1CC(C)(C)OC1=O. The molecule has 0 N–H and O–H groups in total. The monoisotopic (exact) mass is 186 g/mol. The lowest BCUT2D eigenvalue weighted by Crippen LogP contribution is -2.30. The zero-order chi connectivity index (χ0) is 10.3. The van der Waals surface area contributed by atoms with Gasteiger partial charge in [-0.15, -0.1) is 0 Å². The predicted octanol–water partition coefficient (Wildman–Crippen LogP) is 1.90. The summed E-state index contributed by atoms with van der Waals surface area (Å²) in [5.41, 5.74) is -0.656. The van der Waals surface area contributed by atoms with E-state index >= 15 is 0 Å². The molecule has 3 nitrogen and oxygen atoms in total. The molecule has 1 rings (SSSR count). The molecule has 1 heterocycles. The van der Waals surface area contributed by atoms with Gasteiger partial charge in [0.2, 0.25) is 0 Å². The van der Waals surface area contributed by atoms with Gasteiger partial charge >= 0.3 is 5.97 Å². The average molecular weight is 186 g/mol. The second kappa shape index (κ2) is 2.98. The fourth-order valence-corrected chi connectivity index (χ4v) is 1.43. The molecule has 1 atom stereocenters. The molecule has 1 aliphatic heterocycles. The molecule has 3 heteroatoms. The minimum atomic E-state index is -0.394. The van der Waals surface area contributed by atoms with Crippen LogP contribution in [0, 0.1) is 0 Å². The molecule has 0 amide bonds. The van der Waals surface area contributed by atoms with E-state index in [9.17, 15) is 4.79 Å². The third-order valence-corrected chi connectivity index (χ3v) is 1.81. The highest BCUT2D eigenvalue weighted by molar-refractivity contribution is 5.77. The second-order valence-corrected chi connectivity index (χ2v) is 5.10. The van der Waals surface area contributed by atoms with E-state index in [1.54, 1.807) is 0 Å². The Labute approximate surface area is 79.4 Å². The van der Waals surface area contributed by atoms with Crippen LogP contribution in [0.3, 0.4) is 0 Å². The highest BCUT2D eigenvalue weighted by Gasteiger charge is 2.42. The Morgan fingerprint density at radius 3 is 2.31 bits per heavy atom. The molecule has 0 aromatic carbocycles. The van der Waals surface area contributed by atoms with Gasteiger partial charge in [0, 0.05) is 6.42 Å². The van der Waals surface area contributed by atoms with Gasteiger partial charge in [0.15, 0.2) is 6.10 Å². The van der Waals surface area contributed by atoms with Crippen molar-refractivity contribution in [3.63, 3.8) is 0 Å². The zero-order valence-electron chi connectivity index (χ0n) is 9.01. The molecule has 0 unspecified atom stereocenters. The van der Waals surface area contributed by atoms with Gasteiger partial charge in [-0.25, -0.2) is 4.79 Å². The first-order valence-electron chi connectivity index (χ1n) is 4.60. The highest BCUT2D eigenvalue weighted by atomic mass is 16.6.